The van der Waals surface area contributed by atoms with Gasteiger partial charge in [0, 0.05) is 18.1 Å². The Labute approximate surface area is 112 Å². The third-order valence-corrected chi connectivity index (χ3v) is 2.96. The minimum Gasteiger partial charge on any atom is -0.307 e. The molecule has 2 aromatic rings. The monoisotopic (exact) mass is 264 g/mol. The number of halogens is 1. The minimum atomic E-state index is 0.370. The third kappa shape index (κ3) is 3.82. The van der Waals surface area contributed by atoms with Gasteiger partial charge in [-0.1, -0.05) is 23.7 Å². The molecule has 2 rings (SSSR count). The first kappa shape index (κ1) is 13.1. The van der Waals surface area contributed by atoms with Crippen molar-refractivity contribution < 1.29 is 0 Å². The number of nitrogens with zero attached hydrogens (tertiary/aromatic N) is 3. The van der Waals surface area contributed by atoms with E-state index in [1.165, 1.54) is 5.56 Å². The minimum absolute atomic E-state index is 0.370. The van der Waals surface area contributed by atoms with Crippen LogP contribution in [0.3, 0.4) is 0 Å². The highest BCUT2D eigenvalue weighted by molar-refractivity contribution is 6.30. The largest absolute Gasteiger partial charge is 0.307 e. The highest BCUT2D eigenvalue weighted by Gasteiger charge is 2.05. The Morgan fingerprint density at radius 1 is 1.33 bits per heavy atom. The summed E-state index contributed by atoms with van der Waals surface area (Å²) < 4.78 is 1.71. The lowest BCUT2D eigenvalue weighted by Crippen LogP contribution is -2.28. The van der Waals surface area contributed by atoms with E-state index in [1.807, 2.05) is 19.2 Å². The van der Waals surface area contributed by atoms with E-state index >= 15 is 0 Å². The summed E-state index contributed by atoms with van der Waals surface area (Å²) in [5, 5.41) is 8.41. The number of aromatic nitrogens is 3. The van der Waals surface area contributed by atoms with Crippen LogP contribution in [0.2, 0.25) is 5.02 Å². The van der Waals surface area contributed by atoms with Gasteiger partial charge in [0.05, 0.1) is 6.54 Å². The number of rotatable bonds is 5. The Kier molecular flexibility index (Phi) is 4.33. The summed E-state index contributed by atoms with van der Waals surface area (Å²) in [5.41, 5.74) is 1.27. The molecule has 0 spiro atoms. The smallest absolute Gasteiger partial charge is 0.164 e. The molecule has 5 heteroatoms. The molecule has 0 fully saturated rings. The Morgan fingerprint density at radius 3 is 2.67 bits per heavy atom. The number of hydrogen-bond acceptors (Lipinski definition) is 3. The number of benzene rings is 1. The molecule has 1 heterocycles. The van der Waals surface area contributed by atoms with Crippen molar-refractivity contribution in [3.8, 4) is 0 Å². The van der Waals surface area contributed by atoms with E-state index in [9.17, 15) is 0 Å². The van der Waals surface area contributed by atoms with E-state index in [4.69, 9.17) is 11.6 Å². The molecule has 1 aromatic carbocycles. The van der Waals surface area contributed by atoms with Crippen molar-refractivity contribution in [2.75, 3.05) is 0 Å². The van der Waals surface area contributed by atoms with Gasteiger partial charge in [0.1, 0.15) is 6.33 Å². The van der Waals surface area contributed by atoms with Crippen molar-refractivity contribution >= 4 is 11.6 Å². The van der Waals surface area contributed by atoms with Gasteiger partial charge in [-0.15, -0.1) is 0 Å². The van der Waals surface area contributed by atoms with Crippen LogP contribution in [0.25, 0.3) is 0 Å². The van der Waals surface area contributed by atoms with Crippen molar-refractivity contribution in [2.45, 2.75) is 25.9 Å². The second kappa shape index (κ2) is 5.98. The third-order valence-electron chi connectivity index (χ3n) is 2.71. The van der Waals surface area contributed by atoms with Crippen molar-refractivity contribution in [2.24, 2.45) is 7.05 Å². The zero-order valence-corrected chi connectivity index (χ0v) is 11.4. The Balaban J connectivity index is 1.81. The summed E-state index contributed by atoms with van der Waals surface area (Å²) in [4.78, 5) is 4.18. The normalized spacial score (nSPS) is 12.6. The van der Waals surface area contributed by atoms with Crippen molar-refractivity contribution in [1.82, 2.24) is 20.1 Å². The maximum Gasteiger partial charge on any atom is 0.164 e. The standard InChI is InChI=1S/C13H17ClN4/c1-10(7-11-3-5-12(14)6-4-11)15-8-13-16-9-18(2)17-13/h3-6,9-10,15H,7-8H2,1-2H3. The van der Waals surface area contributed by atoms with Crippen molar-refractivity contribution in [3.63, 3.8) is 0 Å². The van der Waals surface area contributed by atoms with Gasteiger partial charge < -0.3 is 5.32 Å². The molecular formula is C13H17ClN4. The molecule has 96 valence electrons. The van der Waals surface area contributed by atoms with Crippen LogP contribution in [0, 0.1) is 0 Å². The van der Waals surface area contributed by atoms with Crippen LogP contribution >= 0.6 is 11.6 Å². The average Bonchev–Trinajstić information content (AvgIpc) is 2.76. The Morgan fingerprint density at radius 2 is 2.06 bits per heavy atom. The predicted octanol–water partition coefficient (Wildman–Crippen LogP) is 2.19. The van der Waals surface area contributed by atoms with Crippen LogP contribution < -0.4 is 5.32 Å². The summed E-state index contributed by atoms with van der Waals surface area (Å²) >= 11 is 5.86. The highest BCUT2D eigenvalue weighted by Crippen LogP contribution is 2.11. The average molecular weight is 265 g/mol. The maximum absolute atomic E-state index is 5.86. The van der Waals surface area contributed by atoms with E-state index in [-0.39, 0.29) is 0 Å². The molecule has 0 saturated carbocycles. The van der Waals surface area contributed by atoms with Gasteiger partial charge in [0.15, 0.2) is 5.82 Å². The van der Waals surface area contributed by atoms with Crippen molar-refractivity contribution in [1.29, 1.82) is 0 Å². The first-order valence-corrected chi connectivity index (χ1v) is 6.33. The molecule has 0 bridgehead atoms. The van der Waals surface area contributed by atoms with Gasteiger partial charge >= 0.3 is 0 Å². The zero-order chi connectivity index (χ0) is 13.0. The lowest BCUT2D eigenvalue weighted by Gasteiger charge is -2.12. The first-order valence-electron chi connectivity index (χ1n) is 5.96. The van der Waals surface area contributed by atoms with Gasteiger partial charge in [-0.3, -0.25) is 4.68 Å². The van der Waals surface area contributed by atoms with E-state index in [0.717, 1.165) is 17.3 Å². The van der Waals surface area contributed by atoms with Gasteiger partial charge in [-0.05, 0) is 31.0 Å². The lowest BCUT2D eigenvalue weighted by atomic mass is 10.1. The first-order chi connectivity index (χ1) is 8.63. The van der Waals surface area contributed by atoms with Gasteiger partial charge in [-0.25, -0.2) is 4.98 Å². The molecule has 1 unspecified atom stereocenters. The van der Waals surface area contributed by atoms with Gasteiger partial charge in [0.2, 0.25) is 0 Å². The Bertz CT molecular complexity index is 492. The molecule has 0 saturated heterocycles. The summed E-state index contributed by atoms with van der Waals surface area (Å²) in [6.07, 6.45) is 2.67. The summed E-state index contributed by atoms with van der Waals surface area (Å²) in [5.74, 6) is 0.820. The fourth-order valence-corrected chi connectivity index (χ4v) is 1.90. The summed E-state index contributed by atoms with van der Waals surface area (Å²) in [6.45, 7) is 2.84. The summed E-state index contributed by atoms with van der Waals surface area (Å²) in [6, 6.07) is 8.32. The van der Waals surface area contributed by atoms with E-state index in [1.54, 1.807) is 11.0 Å². The van der Waals surface area contributed by atoms with Crippen molar-refractivity contribution in [3.05, 3.63) is 47.0 Å². The van der Waals surface area contributed by atoms with E-state index < -0.39 is 0 Å². The molecule has 18 heavy (non-hydrogen) atoms. The molecule has 4 nitrogen and oxygen atoms in total. The number of nitrogens with one attached hydrogen (secondary N) is 1. The van der Waals surface area contributed by atoms with E-state index in [0.29, 0.717) is 12.6 Å². The van der Waals surface area contributed by atoms with Crippen LogP contribution in [-0.4, -0.2) is 20.8 Å². The van der Waals surface area contributed by atoms with Gasteiger partial charge in [0.25, 0.3) is 0 Å². The molecule has 0 amide bonds. The van der Waals surface area contributed by atoms with E-state index in [2.05, 4.69) is 34.5 Å². The second-order valence-electron chi connectivity index (χ2n) is 4.45. The molecule has 1 N–H and O–H groups in total. The molecule has 1 aromatic heterocycles. The van der Waals surface area contributed by atoms with Crippen LogP contribution in [0.1, 0.15) is 18.3 Å². The predicted molar refractivity (Wildman–Crippen MR) is 72.5 cm³/mol. The number of aryl methyl sites for hydroxylation is 1. The fraction of sp³-hybridized carbons (Fsp3) is 0.385. The van der Waals surface area contributed by atoms with Gasteiger partial charge in [-0.2, -0.15) is 5.10 Å². The maximum atomic E-state index is 5.86. The van der Waals surface area contributed by atoms with Crippen LogP contribution in [-0.2, 0) is 20.0 Å². The van der Waals surface area contributed by atoms with Crippen LogP contribution in [0.15, 0.2) is 30.6 Å². The lowest BCUT2D eigenvalue weighted by molar-refractivity contribution is 0.531. The Hall–Kier alpha value is -1.39. The fourth-order valence-electron chi connectivity index (χ4n) is 1.78. The zero-order valence-electron chi connectivity index (χ0n) is 10.6. The molecular weight excluding hydrogens is 248 g/mol. The highest BCUT2D eigenvalue weighted by atomic mass is 35.5. The molecule has 0 aliphatic rings. The molecule has 0 aliphatic carbocycles. The second-order valence-corrected chi connectivity index (χ2v) is 4.88. The van der Waals surface area contributed by atoms with Crippen LogP contribution in [0.4, 0.5) is 0 Å². The quantitative estimate of drug-likeness (QED) is 0.900. The SMILES string of the molecule is CC(Cc1ccc(Cl)cc1)NCc1ncn(C)n1. The number of hydrogen-bond donors (Lipinski definition) is 1. The van der Waals surface area contributed by atoms with Crippen LogP contribution in [0.5, 0.6) is 0 Å². The topological polar surface area (TPSA) is 42.7 Å². The summed E-state index contributed by atoms with van der Waals surface area (Å²) in [7, 11) is 1.87. The molecule has 1 atom stereocenters. The molecule has 0 radical (unpaired) electrons. The molecule has 0 aliphatic heterocycles.